The van der Waals surface area contributed by atoms with Gasteiger partial charge in [-0.25, -0.2) is 0 Å². The van der Waals surface area contributed by atoms with Crippen LogP contribution in [-0.2, 0) is 0 Å². The minimum atomic E-state index is 0.0274. The minimum Gasteiger partial charge on any atom is -0.496 e. The Hall–Kier alpha value is -0.400. The zero-order chi connectivity index (χ0) is 14.6. The van der Waals surface area contributed by atoms with Crippen LogP contribution in [0.1, 0.15) is 49.5 Å². The Morgan fingerprint density at radius 3 is 2.19 bits per heavy atom. The molecule has 4 fully saturated rings. The highest BCUT2D eigenvalue weighted by atomic mass is 35.5. The third-order valence-corrected chi connectivity index (χ3v) is 7.02. The third kappa shape index (κ3) is 2.28. The van der Waals surface area contributed by atoms with E-state index < -0.39 is 0 Å². The quantitative estimate of drug-likeness (QED) is 0.634. The number of rotatable bonds is 3. The maximum absolute atomic E-state index is 7.04. The Balaban J connectivity index is 1.71. The van der Waals surface area contributed by atoms with Gasteiger partial charge in [-0.3, -0.25) is 0 Å². The van der Waals surface area contributed by atoms with Gasteiger partial charge in [0.05, 0.1) is 12.5 Å². The van der Waals surface area contributed by atoms with Crippen molar-refractivity contribution in [2.75, 3.05) is 7.11 Å². The maximum Gasteiger partial charge on any atom is 0.123 e. The molecule has 1 aromatic carbocycles. The van der Waals surface area contributed by atoms with Crippen molar-refractivity contribution in [2.45, 2.75) is 43.9 Å². The summed E-state index contributed by atoms with van der Waals surface area (Å²) in [4.78, 5) is 0. The van der Waals surface area contributed by atoms with E-state index in [-0.39, 0.29) is 10.8 Å². The predicted octanol–water partition coefficient (Wildman–Crippen LogP) is 5.84. The van der Waals surface area contributed by atoms with Crippen molar-refractivity contribution in [3.63, 3.8) is 0 Å². The summed E-state index contributed by atoms with van der Waals surface area (Å²) in [7, 11) is 1.72. The van der Waals surface area contributed by atoms with Crippen LogP contribution in [0.4, 0.5) is 0 Å². The molecule has 0 radical (unpaired) electrons. The SMILES string of the molecule is COc1ccc(Cl)cc1C(Cl)C12CC3CC(CC(C3)C1)C2. The van der Waals surface area contributed by atoms with E-state index in [1.807, 2.05) is 18.2 Å². The van der Waals surface area contributed by atoms with Gasteiger partial charge >= 0.3 is 0 Å². The molecule has 0 heterocycles. The van der Waals surface area contributed by atoms with Crippen LogP contribution in [-0.4, -0.2) is 7.11 Å². The molecule has 0 N–H and O–H groups in total. The molecule has 0 amide bonds. The molecule has 21 heavy (non-hydrogen) atoms. The van der Waals surface area contributed by atoms with Crippen molar-refractivity contribution >= 4 is 23.2 Å². The summed E-state index contributed by atoms with van der Waals surface area (Å²) >= 11 is 13.3. The van der Waals surface area contributed by atoms with Crippen LogP contribution in [0.25, 0.3) is 0 Å². The monoisotopic (exact) mass is 324 g/mol. The van der Waals surface area contributed by atoms with Crippen molar-refractivity contribution in [3.05, 3.63) is 28.8 Å². The normalized spacial score (nSPS) is 38.5. The van der Waals surface area contributed by atoms with Gasteiger partial charge < -0.3 is 4.74 Å². The van der Waals surface area contributed by atoms with Crippen molar-refractivity contribution in [1.29, 1.82) is 0 Å². The van der Waals surface area contributed by atoms with Crippen molar-refractivity contribution in [3.8, 4) is 5.75 Å². The van der Waals surface area contributed by atoms with Gasteiger partial charge in [0, 0.05) is 10.6 Å². The average molecular weight is 325 g/mol. The summed E-state index contributed by atoms with van der Waals surface area (Å²) in [6.07, 6.45) is 8.20. The first-order valence-electron chi connectivity index (χ1n) is 8.07. The smallest absolute Gasteiger partial charge is 0.123 e. The molecule has 5 rings (SSSR count). The lowest BCUT2D eigenvalue weighted by Gasteiger charge is -2.58. The summed E-state index contributed by atoms with van der Waals surface area (Å²) < 4.78 is 5.54. The molecule has 0 spiro atoms. The Morgan fingerprint density at radius 1 is 1.10 bits per heavy atom. The number of alkyl halides is 1. The Morgan fingerprint density at radius 2 is 1.67 bits per heavy atom. The van der Waals surface area contributed by atoms with Gasteiger partial charge in [0.2, 0.25) is 0 Å². The second-order valence-electron chi connectivity index (χ2n) is 7.53. The van der Waals surface area contributed by atoms with E-state index in [4.69, 9.17) is 27.9 Å². The van der Waals surface area contributed by atoms with Crippen LogP contribution in [0.3, 0.4) is 0 Å². The van der Waals surface area contributed by atoms with E-state index in [2.05, 4.69) is 0 Å². The lowest BCUT2D eigenvalue weighted by Crippen LogP contribution is -2.47. The highest BCUT2D eigenvalue weighted by molar-refractivity contribution is 6.31. The van der Waals surface area contributed by atoms with Gasteiger partial charge in [0.25, 0.3) is 0 Å². The molecule has 4 bridgehead atoms. The van der Waals surface area contributed by atoms with Gasteiger partial charge in [0.1, 0.15) is 5.75 Å². The second-order valence-corrected chi connectivity index (χ2v) is 8.40. The molecule has 4 aliphatic rings. The molecule has 0 aromatic heterocycles. The number of halogens is 2. The molecule has 3 heteroatoms. The fourth-order valence-corrected chi connectivity index (χ4v) is 6.34. The van der Waals surface area contributed by atoms with Crippen molar-refractivity contribution in [2.24, 2.45) is 23.2 Å². The third-order valence-electron chi connectivity index (χ3n) is 6.09. The molecule has 0 saturated heterocycles. The standard InChI is InChI=1S/C18H22Cl2O/c1-21-16-3-2-14(19)7-15(16)17(20)18-8-11-4-12(9-18)6-13(5-11)10-18/h2-3,7,11-13,17H,4-6,8-10H2,1H3. The highest BCUT2D eigenvalue weighted by Crippen LogP contribution is 2.66. The van der Waals surface area contributed by atoms with E-state index in [9.17, 15) is 0 Å². The van der Waals surface area contributed by atoms with Crippen molar-refractivity contribution in [1.82, 2.24) is 0 Å². The Labute approximate surface area is 137 Å². The van der Waals surface area contributed by atoms with Gasteiger partial charge in [-0.2, -0.15) is 0 Å². The summed E-state index contributed by atoms with van der Waals surface area (Å²) in [5.41, 5.74) is 1.36. The van der Waals surface area contributed by atoms with Crippen LogP contribution in [0.2, 0.25) is 5.02 Å². The molecule has 4 aliphatic carbocycles. The maximum atomic E-state index is 7.04. The Kier molecular flexibility index (Phi) is 3.42. The largest absolute Gasteiger partial charge is 0.496 e. The molecule has 0 aliphatic heterocycles. The zero-order valence-corrected chi connectivity index (χ0v) is 14.0. The predicted molar refractivity (Wildman–Crippen MR) is 87.2 cm³/mol. The minimum absolute atomic E-state index is 0.0274. The van der Waals surface area contributed by atoms with Crippen LogP contribution < -0.4 is 4.74 Å². The van der Waals surface area contributed by atoms with Crippen LogP contribution in [0.5, 0.6) is 5.75 Å². The number of ether oxygens (including phenoxy) is 1. The Bertz CT molecular complexity index is 519. The number of benzene rings is 1. The molecule has 1 nitrogen and oxygen atoms in total. The summed E-state index contributed by atoms with van der Waals surface area (Å²) in [6, 6.07) is 5.84. The van der Waals surface area contributed by atoms with E-state index in [0.717, 1.165) is 34.1 Å². The molecular formula is C18H22Cl2O. The molecule has 4 saturated carbocycles. The molecule has 114 valence electrons. The number of hydrogen-bond donors (Lipinski definition) is 0. The van der Waals surface area contributed by atoms with Gasteiger partial charge in [0.15, 0.2) is 0 Å². The molecule has 1 unspecified atom stereocenters. The molecule has 1 aromatic rings. The second kappa shape index (κ2) is 5.06. The van der Waals surface area contributed by atoms with Crippen LogP contribution in [0.15, 0.2) is 18.2 Å². The fourth-order valence-electron chi connectivity index (χ4n) is 5.72. The lowest BCUT2D eigenvalue weighted by atomic mass is 9.48. The number of hydrogen-bond acceptors (Lipinski definition) is 1. The molecule has 1 atom stereocenters. The van der Waals surface area contributed by atoms with Crippen molar-refractivity contribution < 1.29 is 4.74 Å². The van der Waals surface area contributed by atoms with Gasteiger partial charge in [-0.15, -0.1) is 11.6 Å². The zero-order valence-electron chi connectivity index (χ0n) is 12.4. The number of methoxy groups -OCH3 is 1. The van der Waals surface area contributed by atoms with E-state index in [1.54, 1.807) is 7.11 Å². The van der Waals surface area contributed by atoms with Crippen LogP contribution >= 0.6 is 23.2 Å². The lowest BCUT2D eigenvalue weighted by molar-refractivity contribution is -0.0554. The fraction of sp³-hybridized carbons (Fsp3) is 0.667. The van der Waals surface area contributed by atoms with E-state index in [0.29, 0.717) is 0 Å². The summed E-state index contributed by atoms with van der Waals surface area (Å²) in [5, 5.41) is 0.778. The highest BCUT2D eigenvalue weighted by Gasteiger charge is 2.54. The topological polar surface area (TPSA) is 9.23 Å². The van der Waals surface area contributed by atoms with Gasteiger partial charge in [-0.1, -0.05) is 11.6 Å². The first kappa shape index (κ1) is 14.2. The summed E-state index contributed by atoms with van der Waals surface area (Å²) in [6.45, 7) is 0. The average Bonchev–Trinajstić information content (AvgIpc) is 2.45. The summed E-state index contributed by atoms with van der Waals surface area (Å²) in [5.74, 6) is 3.60. The van der Waals surface area contributed by atoms with E-state index >= 15 is 0 Å². The van der Waals surface area contributed by atoms with Gasteiger partial charge in [-0.05, 0) is 79.9 Å². The van der Waals surface area contributed by atoms with E-state index in [1.165, 1.54) is 38.5 Å². The first-order chi connectivity index (χ1) is 10.1. The molecular weight excluding hydrogens is 303 g/mol. The van der Waals surface area contributed by atoms with Crippen LogP contribution in [0, 0.1) is 23.2 Å². The first-order valence-corrected chi connectivity index (χ1v) is 8.88.